The Bertz CT molecular complexity index is 844. The van der Waals surface area contributed by atoms with Crippen molar-refractivity contribution < 1.29 is 14.3 Å². The average Bonchev–Trinajstić information content (AvgIpc) is 2.91. The normalized spacial score (nSPS) is 14.5. The van der Waals surface area contributed by atoms with Crippen LogP contribution in [0.4, 0.5) is 0 Å². The van der Waals surface area contributed by atoms with Gasteiger partial charge in [0.25, 0.3) is 0 Å². The fourth-order valence-electron chi connectivity index (χ4n) is 2.95. The Kier molecular flexibility index (Phi) is 7.38. The molecule has 0 unspecified atom stereocenters. The van der Waals surface area contributed by atoms with Crippen molar-refractivity contribution in [1.82, 2.24) is 5.32 Å². The Morgan fingerprint density at radius 2 is 1.86 bits per heavy atom. The molecule has 1 heterocycles. The van der Waals surface area contributed by atoms with Gasteiger partial charge in [0.05, 0.1) is 30.0 Å². The van der Waals surface area contributed by atoms with E-state index in [0.717, 1.165) is 28.4 Å². The second-order valence-corrected chi connectivity index (χ2v) is 8.77. The minimum atomic E-state index is -0.125. The lowest BCUT2D eigenvalue weighted by atomic mass is 9.95. The van der Waals surface area contributed by atoms with E-state index in [0.29, 0.717) is 23.3 Å². The maximum Gasteiger partial charge on any atom is 0.230 e. The molecule has 0 saturated heterocycles. The first-order chi connectivity index (χ1) is 13.4. The Labute approximate surface area is 179 Å². The number of hydrogen-bond donors (Lipinski definition) is 1. The van der Waals surface area contributed by atoms with Crippen molar-refractivity contribution in [2.75, 3.05) is 19.0 Å². The highest BCUT2D eigenvalue weighted by Gasteiger charge is 2.21. The summed E-state index contributed by atoms with van der Waals surface area (Å²) in [5, 5.41) is 4.31. The molecule has 28 heavy (non-hydrogen) atoms. The van der Waals surface area contributed by atoms with Crippen LogP contribution < -0.4 is 14.8 Å². The van der Waals surface area contributed by atoms with Gasteiger partial charge >= 0.3 is 0 Å². The average molecular weight is 440 g/mol. The minimum absolute atomic E-state index is 0.0631. The Morgan fingerprint density at radius 3 is 2.61 bits per heavy atom. The van der Waals surface area contributed by atoms with Gasteiger partial charge in [0.2, 0.25) is 5.91 Å². The number of ether oxygens (including phenoxy) is 2. The predicted octanol–water partition coefficient (Wildman–Crippen LogP) is 5.76. The van der Waals surface area contributed by atoms with E-state index >= 15 is 0 Å². The number of benzene rings is 2. The van der Waals surface area contributed by atoms with Crippen molar-refractivity contribution in [3.8, 4) is 11.5 Å². The molecule has 2 aromatic rings. The molecule has 3 rings (SSSR count). The Hall–Kier alpha value is -1.56. The summed E-state index contributed by atoms with van der Waals surface area (Å²) in [5.41, 5.74) is 0.999. The fraction of sp³-hybridized carbons (Fsp3) is 0.381. The van der Waals surface area contributed by atoms with Crippen molar-refractivity contribution in [2.45, 2.75) is 31.2 Å². The lowest BCUT2D eigenvalue weighted by Crippen LogP contribution is -2.33. The minimum Gasteiger partial charge on any atom is -0.490 e. The predicted molar refractivity (Wildman–Crippen MR) is 115 cm³/mol. The van der Waals surface area contributed by atoms with E-state index in [9.17, 15) is 4.79 Å². The van der Waals surface area contributed by atoms with Gasteiger partial charge in [-0.05, 0) is 41.8 Å². The quantitative estimate of drug-likeness (QED) is 0.581. The van der Waals surface area contributed by atoms with Gasteiger partial charge in [-0.15, -0.1) is 11.8 Å². The molecular weight excluding hydrogens is 417 g/mol. The first-order valence-corrected chi connectivity index (χ1v) is 10.9. The van der Waals surface area contributed by atoms with Crippen molar-refractivity contribution in [3.05, 3.63) is 52.0 Å². The molecule has 0 saturated carbocycles. The SMILES string of the molecule is CC(C)[C@H](NC(=O)CSc1cc(Cl)ccc1Cl)c1ccc2c(c1)OCCCO2. The topological polar surface area (TPSA) is 47.6 Å². The van der Waals surface area contributed by atoms with Gasteiger partial charge in [0, 0.05) is 16.3 Å². The molecule has 0 radical (unpaired) electrons. The maximum absolute atomic E-state index is 12.6. The van der Waals surface area contributed by atoms with Gasteiger partial charge in [0.15, 0.2) is 11.5 Å². The van der Waals surface area contributed by atoms with Crippen molar-refractivity contribution in [2.24, 2.45) is 5.92 Å². The molecule has 1 atom stereocenters. The van der Waals surface area contributed by atoms with E-state index in [2.05, 4.69) is 19.2 Å². The van der Waals surface area contributed by atoms with E-state index < -0.39 is 0 Å². The Morgan fingerprint density at radius 1 is 1.11 bits per heavy atom. The highest BCUT2D eigenvalue weighted by atomic mass is 35.5. The molecule has 1 aliphatic heterocycles. The number of thioether (sulfide) groups is 1. The highest BCUT2D eigenvalue weighted by molar-refractivity contribution is 8.00. The summed E-state index contributed by atoms with van der Waals surface area (Å²) >= 11 is 13.6. The van der Waals surface area contributed by atoms with E-state index in [1.54, 1.807) is 18.2 Å². The largest absolute Gasteiger partial charge is 0.490 e. The van der Waals surface area contributed by atoms with Crippen LogP contribution in [-0.2, 0) is 4.79 Å². The molecular formula is C21H23Cl2NO3S. The van der Waals surface area contributed by atoms with Gasteiger partial charge < -0.3 is 14.8 Å². The van der Waals surface area contributed by atoms with Crippen LogP contribution in [0.3, 0.4) is 0 Å². The molecule has 4 nitrogen and oxygen atoms in total. The zero-order chi connectivity index (χ0) is 20.1. The molecule has 0 aliphatic carbocycles. The third-order valence-electron chi connectivity index (χ3n) is 4.37. The monoisotopic (exact) mass is 439 g/mol. The molecule has 0 aromatic heterocycles. The number of fused-ring (bicyclic) bond motifs is 1. The van der Waals surface area contributed by atoms with Gasteiger partial charge in [0.1, 0.15) is 0 Å². The first-order valence-electron chi connectivity index (χ1n) is 9.21. The summed E-state index contributed by atoms with van der Waals surface area (Å²) in [5.74, 6) is 1.89. The summed E-state index contributed by atoms with van der Waals surface area (Å²) in [7, 11) is 0. The summed E-state index contributed by atoms with van der Waals surface area (Å²) in [6, 6.07) is 11.0. The number of amides is 1. The first kappa shape index (κ1) is 21.2. The fourth-order valence-corrected chi connectivity index (χ4v) is 4.26. The van der Waals surface area contributed by atoms with Crippen molar-refractivity contribution in [1.29, 1.82) is 0 Å². The van der Waals surface area contributed by atoms with Crippen LogP contribution in [0.1, 0.15) is 31.9 Å². The number of carbonyl (C=O) groups excluding carboxylic acids is 1. The van der Waals surface area contributed by atoms with Crippen LogP contribution in [0.25, 0.3) is 0 Å². The number of nitrogens with one attached hydrogen (secondary N) is 1. The van der Waals surface area contributed by atoms with E-state index in [-0.39, 0.29) is 23.6 Å². The lowest BCUT2D eigenvalue weighted by molar-refractivity contribution is -0.119. The molecule has 0 spiro atoms. The van der Waals surface area contributed by atoms with Crippen LogP contribution in [-0.4, -0.2) is 24.9 Å². The second-order valence-electron chi connectivity index (χ2n) is 6.91. The van der Waals surface area contributed by atoms with Gasteiger partial charge in [-0.3, -0.25) is 4.79 Å². The van der Waals surface area contributed by atoms with Crippen LogP contribution in [0, 0.1) is 5.92 Å². The smallest absolute Gasteiger partial charge is 0.230 e. The van der Waals surface area contributed by atoms with Crippen molar-refractivity contribution >= 4 is 40.9 Å². The van der Waals surface area contributed by atoms with Gasteiger partial charge in [-0.25, -0.2) is 0 Å². The molecule has 7 heteroatoms. The summed E-state index contributed by atoms with van der Waals surface area (Å²) in [6.45, 7) is 5.44. The lowest BCUT2D eigenvalue weighted by Gasteiger charge is -2.24. The standard InChI is InChI=1S/C21H23Cl2NO3S/c1-13(2)21(14-4-7-17-18(10-14)27-9-3-8-26-17)24-20(25)12-28-19-11-15(22)5-6-16(19)23/h4-7,10-11,13,21H,3,8-9,12H2,1-2H3,(H,24,25)/t21-/m0/s1. The molecule has 1 aliphatic rings. The number of hydrogen-bond acceptors (Lipinski definition) is 4. The zero-order valence-electron chi connectivity index (χ0n) is 15.8. The van der Waals surface area contributed by atoms with Crippen molar-refractivity contribution in [3.63, 3.8) is 0 Å². The third-order valence-corrected chi connectivity index (χ3v) is 6.10. The summed E-state index contributed by atoms with van der Waals surface area (Å²) in [6.07, 6.45) is 0.859. The third kappa shape index (κ3) is 5.49. The Balaban J connectivity index is 1.68. The van der Waals surface area contributed by atoms with E-state index in [1.165, 1.54) is 11.8 Å². The van der Waals surface area contributed by atoms with Crippen LogP contribution in [0.5, 0.6) is 11.5 Å². The summed E-state index contributed by atoms with van der Waals surface area (Å²) < 4.78 is 11.5. The van der Waals surface area contributed by atoms with Crippen LogP contribution in [0.2, 0.25) is 10.0 Å². The van der Waals surface area contributed by atoms with Gasteiger partial charge in [-0.2, -0.15) is 0 Å². The van der Waals surface area contributed by atoms with E-state index in [1.807, 2.05) is 18.2 Å². The van der Waals surface area contributed by atoms with Gasteiger partial charge in [-0.1, -0.05) is 43.1 Å². The maximum atomic E-state index is 12.6. The number of halogens is 2. The van der Waals surface area contributed by atoms with Crippen LogP contribution in [0.15, 0.2) is 41.3 Å². The molecule has 0 fully saturated rings. The number of rotatable bonds is 6. The zero-order valence-corrected chi connectivity index (χ0v) is 18.2. The number of carbonyl (C=O) groups is 1. The second kappa shape index (κ2) is 9.77. The molecule has 0 bridgehead atoms. The van der Waals surface area contributed by atoms with E-state index in [4.69, 9.17) is 32.7 Å². The molecule has 150 valence electrons. The summed E-state index contributed by atoms with van der Waals surface area (Å²) in [4.78, 5) is 13.4. The molecule has 1 amide bonds. The molecule has 2 aromatic carbocycles. The molecule has 1 N–H and O–H groups in total. The van der Waals surface area contributed by atoms with Crippen LogP contribution >= 0.6 is 35.0 Å². The highest BCUT2D eigenvalue weighted by Crippen LogP contribution is 2.34.